The van der Waals surface area contributed by atoms with Crippen LogP contribution in [-0.2, 0) is 6.18 Å². The molecule has 21 heavy (non-hydrogen) atoms. The number of pyridine rings is 1. The number of nitrogens with zero attached hydrogens (tertiary/aromatic N) is 1. The van der Waals surface area contributed by atoms with Crippen LogP contribution in [0.3, 0.4) is 0 Å². The van der Waals surface area contributed by atoms with E-state index < -0.39 is 17.7 Å². The molecular formula is C14H10F3NO3. The molecule has 0 bridgehead atoms. The molecule has 110 valence electrons. The van der Waals surface area contributed by atoms with Gasteiger partial charge in [-0.05, 0) is 30.3 Å². The fraction of sp³-hybridized carbons (Fsp3) is 0.143. The molecule has 1 heterocycles. The molecule has 0 amide bonds. The third kappa shape index (κ3) is 3.50. The number of rotatable bonds is 3. The van der Waals surface area contributed by atoms with Gasteiger partial charge >= 0.3 is 12.1 Å². The number of hydrogen-bond acceptors (Lipinski definition) is 4. The number of benzene rings is 1. The van der Waals surface area contributed by atoms with Crippen LogP contribution in [-0.4, -0.2) is 18.1 Å². The Morgan fingerprint density at radius 2 is 1.95 bits per heavy atom. The summed E-state index contributed by atoms with van der Waals surface area (Å²) >= 11 is 0. The first-order chi connectivity index (χ1) is 9.91. The number of carbonyl (C=O) groups excluding carboxylic acids is 1. The molecule has 0 spiro atoms. The van der Waals surface area contributed by atoms with Gasteiger partial charge in [0.05, 0.1) is 18.2 Å². The summed E-state index contributed by atoms with van der Waals surface area (Å²) < 4.78 is 47.9. The van der Waals surface area contributed by atoms with E-state index in [4.69, 9.17) is 9.47 Å². The summed E-state index contributed by atoms with van der Waals surface area (Å²) in [6.07, 6.45) is -1.83. The lowest BCUT2D eigenvalue weighted by atomic mass is 10.2. The molecule has 0 unspecified atom stereocenters. The normalized spacial score (nSPS) is 11.0. The van der Waals surface area contributed by atoms with Crippen molar-refractivity contribution in [3.05, 3.63) is 53.9 Å². The molecule has 0 N–H and O–H groups in total. The molecule has 1 aromatic heterocycles. The van der Waals surface area contributed by atoms with Crippen LogP contribution in [0.15, 0.2) is 42.7 Å². The van der Waals surface area contributed by atoms with Crippen molar-refractivity contribution < 1.29 is 27.4 Å². The Morgan fingerprint density at radius 3 is 2.52 bits per heavy atom. The lowest BCUT2D eigenvalue weighted by Crippen LogP contribution is -2.11. The average molecular weight is 297 g/mol. The van der Waals surface area contributed by atoms with E-state index in [0.29, 0.717) is 6.07 Å². The zero-order valence-electron chi connectivity index (χ0n) is 10.8. The van der Waals surface area contributed by atoms with E-state index in [1.54, 1.807) is 0 Å². The first-order valence-electron chi connectivity index (χ1n) is 5.79. The highest BCUT2D eigenvalue weighted by molar-refractivity contribution is 5.91. The molecule has 0 aliphatic heterocycles. The summed E-state index contributed by atoms with van der Waals surface area (Å²) in [4.78, 5) is 15.6. The van der Waals surface area contributed by atoms with Crippen molar-refractivity contribution in [2.75, 3.05) is 7.11 Å². The molecular weight excluding hydrogens is 287 g/mol. The number of alkyl halides is 3. The second-order valence-corrected chi connectivity index (χ2v) is 3.99. The van der Waals surface area contributed by atoms with Gasteiger partial charge in [-0.3, -0.25) is 4.98 Å². The molecule has 2 rings (SSSR count). The number of esters is 1. The number of carbonyl (C=O) groups is 1. The summed E-state index contributed by atoms with van der Waals surface area (Å²) in [5.74, 6) is -1.10. The minimum atomic E-state index is -4.54. The van der Waals surface area contributed by atoms with Crippen molar-refractivity contribution >= 4 is 5.97 Å². The average Bonchev–Trinajstić information content (AvgIpc) is 2.47. The highest BCUT2D eigenvalue weighted by Crippen LogP contribution is 2.36. The van der Waals surface area contributed by atoms with Crippen LogP contribution in [0.1, 0.15) is 15.9 Å². The number of halogens is 3. The Labute approximate surface area is 118 Å². The fourth-order valence-corrected chi connectivity index (χ4v) is 1.58. The Balaban J connectivity index is 2.32. The summed E-state index contributed by atoms with van der Waals surface area (Å²) in [5.41, 5.74) is -0.811. The van der Waals surface area contributed by atoms with Gasteiger partial charge in [0.15, 0.2) is 11.5 Å². The fourth-order valence-electron chi connectivity index (χ4n) is 1.58. The van der Waals surface area contributed by atoms with Crippen LogP contribution in [0.5, 0.6) is 11.5 Å². The first-order valence-corrected chi connectivity index (χ1v) is 5.79. The SMILES string of the molecule is COc1ccc(C(F)(F)F)cc1OC(=O)c1cccnc1. The third-order valence-electron chi connectivity index (χ3n) is 2.59. The van der Waals surface area contributed by atoms with Crippen molar-refractivity contribution in [2.45, 2.75) is 6.18 Å². The summed E-state index contributed by atoms with van der Waals surface area (Å²) in [7, 11) is 1.27. The van der Waals surface area contributed by atoms with Crippen LogP contribution in [0, 0.1) is 0 Å². The number of ether oxygens (including phenoxy) is 2. The van der Waals surface area contributed by atoms with E-state index in [2.05, 4.69) is 4.98 Å². The Morgan fingerprint density at radius 1 is 1.19 bits per heavy atom. The molecule has 4 nitrogen and oxygen atoms in total. The topological polar surface area (TPSA) is 48.4 Å². The summed E-state index contributed by atoms with van der Waals surface area (Å²) in [6.45, 7) is 0. The quantitative estimate of drug-likeness (QED) is 0.644. The van der Waals surface area contributed by atoms with Gasteiger partial charge in [0.2, 0.25) is 0 Å². The molecule has 0 saturated heterocycles. The molecule has 2 aromatic rings. The zero-order valence-corrected chi connectivity index (χ0v) is 10.8. The molecule has 0 saturated carbocycles. The third-order valence-corrected chi connectivity index (χ3v) is 2.59. The van der Waals surface area contributed by atoms with Crippen molar-refractivity contribution in [1.82, 2.24) is 4.98 Å². The number of methoxy groups -OCH3 is 1. The predicted octanol–water partition coefficient (Wildman–Crippen LogP) is 3.33. The predicted molar refractivity (Wildman–Crippen MR) is 67.2 cm³/mol. The lowest BCUT2D eigenvalue weighted by Gasteiger charge is -2.12. The van der Waals surface area contributed by atoms with Gasteiger partial charge in [-0.1, -0.05) is 0 Å². The first kappa shape index (κ1) is 14.8. The maximum Gasteiger partial charge on any atom is 0.416 e. The van der Waals surface area contributed by atoms with Gasteiger partial charge in [-0.25, -0.2) is 4.79 Å². The molecule has 0 aliphatic carbocycles. The minimum Gasteiger partial charge on any atom is -0.493 e. The second kappa shape index (κ2) is 5.82. The number of hydrogen-bond donors (Lipinski definition) is 0. The van der Waals surface area contributed by atoms with Gasteiger partial charge in [0, 0.05) is 12.4 Å². The monoisotopic (exact) mass is 297 g/mol. The Hall–Kier alpha value is -2.57. The van der Waals surface area contributed by atoms with Crippen LogP contribution < -0.4 is 9.47 Å². The van der Waals surface area contributed by atoms with Crippen LogP contribution >= 0.6 is 0 Å². The van der Waals surface area contributed by atoms with Crippen LogP contribution in [0.2, 0.25) is 0 Å². The smallest absolute Gasteiger partial charge is 0.416 e. The zero-order chi connectivity index (χ0) is 15.5. The maximum atomic E-state index is 12.7. The maximum absolute atomic E-state index is 12.7. The van der Waals surface area contributed by atoms with E-state index >= 15 is 0 Å². The van der Waals surface area contributed by atoms with E-state index in [-0.39, 0.29) is 17.1 Å². The Bertz CT molecular complexity index is 642. The summed E-state index contributed by atoms with van der Waals surface area (Å²) in [6, 6.07) is 5.61. The van der Waals surface area contributed by atoms with E-state index in [1.165, 1.54) is 31.6 Å². The molecule has 0 aliphatic rings. The van der Waals surface area contributed by atoms with Crippen molar-refractivity contribution in [2.24, 2.45) is 0 Å². The highest BCUT2D eigenvalue weighted by atomic mass is 19.4. The van der Waals surface area contributed by atoms with Gasteiger partial charge in [-0.15, -0.1) is 0 Å². The van der Waals surface area contributed by atoms with Crippen molar-refractivity contribution in [3.63, 3.8) is 0 Å². The molecule has 7 heteroatoms. The lowest BCUT2D eigenvalue weighted by molar-refractivity contribution is -0.137. The van der Waals surface area contributed by atoms with Crippen molar-refractivity contribution in [3.8, 4) is 11.5 Å². The van der Waals surface area contributed by atoms with E-state index in [9.17, 15) is 18.0 Å². The number of aromatic nitrogens is 1. The molecule has 0 atom stereocenters. The standard InChI is InChI=1S/C14H10F3NO3/c1-20-11-5-4-10(14(15,16)17)7-12(11)21-13(19)9-3-2-6-18-8-9/h2-8H,1H3. The van der Waals surface area contributed by atoms with Crippen molar-refractivity contribution in [1.29, 1.82) is 0 Å². The second-order valence-electron chi connectivity index (χ2n) is 3.99. The molecule has 0 fully saturated rings. The van der Waals surface area contributed by atoms with Gasteiger partial charge < -0.3 is 9.47 Å². The van der Waals surface area contributed by atoms with Gasteiger partial charge in [0.1, 0.15) is 0 Å². The van der Waals surface area contributed by atoms with Crippen LogP contribution in [0.4, 0.5) is 13.2 Å². The highest BCUT2D eigenvalue weighted by Gasteiger charge is 2.31. The largest absolute Gasteiger partial charge is 0.493 e. The minimum absolute atomic E-state index is 0.0280. The van der Waals surface area contributed by atoms with Gasteiger partial charge in [-0.2, -0.15) is 13.2 Å². The van der Waals surface area contributed by atoms with Crippen LogP contribution in [0.25, 0.3) is 0 Å². The van der Waals surface area contributed by atoms with E-state index in [1.807, 2.05) is 0 Å². The molecule has 0 radical (unpaired) electrons. The summed E-state index contributed by atoms with van der Waals surface area (Å²) in [5, 5.41) is 0. The van der Waals surface area contributed by atoms with E-state index in [0.717, 1.165) is 12.1 Å². The molecule has 1 aromatic carbocycles. The van der Waals surface area contributed by atoms with Gasteiger partial charge in [0.25, 0.3) is 0 Å². The Kier molecular flexibility index (Phi) is 4.11.